The summed E-state index contributed by atoms with van der Waals surface area (Å²) in [7, 11) is 0. The van der Waals surface area contributed by atoms with Crippen LogP contribution in [0.4, 0.5) is 4.79 Å². The molecule has 2 amide bonds. The molecule has 0 aliphatic rings. The number of aryl methyl sites for hydroxylation is 1. The highest BCUT2D eigenvalue weighted by molar-refractivity contribution is 5.73. The first-order chi connectivity index (χ1) is 7.83. The van der Waals surface area contributed by atoms with Crippen LogP contribution in [0.15, 0.2) is 24.4 Å². The first-order valence-corrected chi connectivity index (χ1v) is 5.74. The molecule has 4 heteroatoms. The summed E-state index contributed by atoms with van der Waals surface area (Å²) in [5, 5.41) is 5.58. The Morgan fingerprint density at radius 1 is 1.31 bits per heavy atom. The van der Waals surface area contributed by atoms with Crippen LogP contribution < -0.4 is 10.6 Å². The summed E-state index contributed by atoms with van der Waals surface area (Å²) in [5.74, 6) is 0. The minimum Gasteiger partial charge on any atom is -0.338 e. The van der Waals surface area contributed by atoms with Crippen molar-refractivity contribution in [3.8, 4) is 0 Å². The van der Waals surface area contributed by atoms with Gasteiger partial charge >= 0.3 is 6.03 Å². The van der Waals surface area contributed by atoms with Crippen LogP contribution in [-0.2, 0) is 6.42 Å². The monoisotopic (exact) mass is 221 g/mol. The Morgan fingerprint density at radius 3 is 2.81 bits per heavy atom. The number of rotatable bonds is 6. The maximum Gasteiger partial charge on any atom is 0.314 e. The van der Waals surface area contributed by atoms with Crippen molar-refractivity contribution in [3.63, 3.8) is 0 Å². The van der Waals surface area contributed by atoms with Gasteiger partial charge in [-0.3, -0.25) is 4.98 Å². The number of hydrogen-bond acceptors (Lipinski definition) is 2. The zero-order valence-corrected chi connectivity index (χ0v) is 9.70. The molecule has 0 radical (unpaired) electrons. The summed E-state index contributed by atoms with van der Waals surface area (Å²) in [6, 6.07) is 5.80. The molecule has 0 aliphatic heterocycles. The Bertz CT molecular complexity index is 300. The Morgan fingerprint density at radius 2 is 2.12 bits per heavy atom. The molecule has 1 heterocycles. The summed E-state index contributed by atoms with van der Waals surface area (Å²) in [4.78, 5) is 15.4. The van der Waals surface area contributed by atoms with Crippen molar-refractivity contribution in [1.82, 2.24) is 15.6 Å². The molecule has 0 aliphatic carbocycles. The third kappa shape index (κ3) is 5.34. The standard InChI is InChI=1S/C12H19N3O/c1-2-8-14-12(16)15-10-5-7-11-6-3-4-9-13-11/h3-4,6,9H,2,5,7-8,10H2,1H3,(H2,14,15,16). The van der Waals surface area contributed by atoms with Gasteiger partial charge in [-0.25, -0.2) is 4.79 Å². The summed E-state index contributed by atoms with van der Waals surface area (Å²) in [6.07, 6.45) is 4.56. The Balaban J connectivity index is 2.06. The molecule has 4 nitrogen and oxygen atoms in total. The van der Waals surface area contributed by atoms with E-state index in [1.807, 2.05) is 25.1 Å². The molecule has 0 aromatic carbocycles. The van der Waals surface area contributed by atoms with E-state index in [9.17, 15) is 4.79 Å². The molecule has 0 atom stereocenters. The average molecular weight is 221 g/mol. The fraction of sp³-hybridized carbons (Fsp3) is 0.500. The lowest BCUT2D eigenvalue weighted by Crippen LogP contribution is -2.36. The summed E-state index contributed by atoms with van der Waals surface area (Å²) < 4.78 is 0. The zero-order valence-electron chi connectivity index (χ0n) is 9.70. The van der Waals surface area contributed by atoms with E-state index in [0.717, 1.165) is 31.5 Å². The van der Waals surface area contributed by atoms with Gasteiger partial charge in [0, 0.05) is 25.0 Å². The lowest BCUT2D eigenvalue weighted by molar-refractivity contribution is 0.241. The third-order valence-corrected chi connectivity index (χ3v) is 2.16. The van der Waals surface area contributed by atoms with Crippen molar-refractivity contribution in [2.75, 3.05) is 13.1 Å². The molecule has 0 spiro atoms. The Hall–Kier alpha value is -1.58. The molecule has 0 fully saturated rings. The number of amides is 2. The predicted molar refractivity (Wildman–Crippen MR) is 64.3 cm³/mol. The van der Waals surface area contributed by atoms with Crippen LogP contribution in [0.1, 0.15) is 25.5 Å². The largest absolute Gasteiger partial charge is 0.338 e. The van der Waals surface area contributed by atoms with Gasteiger partial charge in [-0.2, -0.15) is 0 Å². The van der Waals surface area contributed by atoms with E-state index >= 15 is 0 Å². The number of urea groups is 1. The highest BCUT2D eigenvalue weighted by atomic mass is 16.2. The zero-order chi connectivity index (χ0) is 11.6. The van der Waals surface area contributed by atoms with E-state index in [-0.39, 0.29) is 6.03 Å². The van der Waals surface area contributed by atoms with Gasteiger partial charge in [-0.05, 0) is 31.4 Å². The second-order valence-corrected chi connectivity index (χ2v) is 3.61. The highest BCUT2D eigenvalue weighted by Gasteiger charge is 1.97. The first-order valence-electron chi connectivity index (χ1n) is 5.74. The van der Waals surface area contributed by atoms with E-state index in [4.69, 9.17) is 0 Å². The minimum absolute atomic E-state index is 0.0807. The second-order valence-electron chi connectivity index (χ2n) is 3.61. The van der Waals surface area contributed by atoms with Gasteiger partial charge < -0.3 is 10.6 Å². The SMILES string of the molecule is CCCNC(=O)NCCCc1ccccn1. The summed E-state index contributed by atoms with van der Waals surface area (Å²) in [5.41, 5.74) is 1.07. The molecule has 88 valence electrons. The fourth-order valence-electron chi connectivity index (χ4n) is 1.32. The van der Waals surface area contributed by atoms with Gasteiger partial charge in [0.2, 0.25) is 0 Å². The van der Waals surface area contributed by atoms with Crippen LogP contribution in [0.3, 0.4) is 0 Å². The van der Waals surface area contributed by atoms with E-state index in [0.29, 0.717) is 6.54 Å². The molecule has 1 aromatic heterocycles. The fourth-order valence-corrected chi connectivity index (χ4v) is 1.32. The number of hydrogen-bond donors (Lipinski definition) is 2. The van der Waals surface area contributed by atoms with Gasteiger partial charge in [0.1, 0.15) is 0 Å². The smallest absolute Gasteiger partial charge is 0.314 e. The van der Waals surface area contributed by atoms with Crippen molar-refractivity contribution in [1.29, 1.82) is 0 Å². The maximum atomic E-state index is 11.2. The summed E-state index contributed by atoms with van der Waals surface area (Å²) >= 11 is 0. The van der Waals surface area contributed by atoms with Gasteiger partial charge in [0.05, 0.1) is 0 Å². The first kappa shape index (κ1) is 12.5. The van der Waals surface area contributed by atoms with E-state index in [2.05, 4.69) is 15.6 Å². The van der Waals surface area contributed by atoms with Crippen LogP contribution >= 0.6 is 0 Å². The molecule has 1 aromatic rings. The van der Waals surface area contributed by atoms with Crippen LogP contribution in [0.2, 0.25) is 0 Å². The van der Waals surface area contributed by atoms with Crippen LogP contribution in [-0.4, -0.2) is 24.1 Å². The van der Waals surface area contributed by atoms with Gasteiger partial charge in [-0.15, -0.1) is 0 Å². The van der Waals surface area contributed by atoms with Crippen molar-refractivity contribution >= 4 is 6.03 Å². The molecule has 0 saturated heterocycles. The van der Waals surface area contributed by atoms with Crippen molar-refractivity contribution < 1.29 is 4.79 Å². The van der Waals surface area contributed by atoms with E-state index in [1.165, 1.54) is 0 Å². The van der Waals surface area contributed by atoms with Crippen LogP contribution in [0.5, 0.6) is 0 Å². The predicted octanol–water partition coefficient (Wildman–Crippen LogP) is 1.72. The Kier molecular flexibility index (Phi) is 5.99. The Labute approximate surface area is 96.5 Å². The molecule has 1 rings (SSSR count). The molecular formula is C12H19N3O. The molecular weight excluding hydrogens is 202 g/mol. The minimum atomic E-state index is -0.0807. The number of nitrogens with zero attached hydrogens (tertiary/aromatic N) is 1. The van der Waals surface area contributed by atoms with Crippen LogP contribution in [0.25, 0.3) is 0 Å². The molecule has 0 saturated carbocycles. The normalized spacial score (nSPS) is 9.81. The van der Waals surface area contributed by atoms with Crippen molar-refractivity contribution in [2.24, 2.45) is 0 Å². The van der Waals surface area contributed by atoms with Gasteiger partial charge in [0.25, 0.3) is 0 Å². The topological polar surface area (TPSA) is 54.0 Å². The second kappa shape index (κ2) is 7.68. The lowest BCUT2D eigenvalue weighted by atomic mass is 10.2. The van der Waals surface area contributed by atoms with Crippen molar-refractivity contribution in [3.05, 3.63) is 30.1 Å². The van der Waals surface area contributed by atoms with E-state index < -0.39 is 0 Å². The summed E-state index contributed by atoms with van der Waals surface area (Å²) in [6.45, 7) is 3.44. The number of aromatic nitrogens is 1. The quantitative estimate of drug-likeness (QED) is 0.719. The van der Waals surface area contributed by atoms with Crippen LogP contribution in [0, 0.1) is 0 Å². The molecule has 16 heavy (non-hydrogen) atoms. The number of carbonyl (C=O) groups is 1. The number of carbonyl (C=O) groups excluding carboxylic acids is 1. The van der Waals surface area contributed by atoms with Crippen molar-refractivity contribution in [2.45, 2.75) is 26.2 Å². The van der Waals surface area contributed by atoms with Gasteiger partial charge in [0.15, 0.2) is 0 Å². The highest BCUT2D eigenvalue weighted by Crippen LogP contribution is 1.96. The molecule has 0 unspecified atom stereocenters. The number of pyridine rings is 1. The van der Waals surface area contributed by atoms with Gasteiger partial charge in [-0.1, -0.05) is 13.0 Å². The molecule has 0 bridgehead atoms. The number of nitrogens with one attached hydrogen (secondary N) is 2. The lowest BCUT2D eigenvalue weighted by Gasteiger charge is -2.06. The van der Waals surface area contributed by atoms with E-state index in [1.54, 1.807) is 6.20 Å². The average Bonchev–Trinajstić information content (AvgIpc) is 2.33. The third-order valence-electron chi connectivity index (χ3n) is 2.16. The molecule has 2 N–H and O–H groups in total. The maximum absolute atomic E-state index is 11.2.